The number of pyridine rings is 2. The van der Waals surface area contributed by atoms with Crippen molar-refractivity contribution >= 4 is 33.7 Å². The van der Waals surface area contributed by atoms with Crippen molar-refractivity contribution in [1.82, 2.24) is 9.97 Å². The highest BCUT2D eigenvalue weighted by Crippen LogP contribution is 2.32. The summed E-state index contributed by atoms with van der Waals surface area (Å²) in [6.07, 6.45) is 6.27. The first-order valence-electron chi connectivity index (χ1n) is 13.5. The molecule has 0 aliphatic heterocycles. The molecule has 2 nitrogen and oxygen atoms in total. The minimum Gasteiger partial charge on any atom is -0.255 e. The molecule has 0 saturated carbocycles. The zero-order valence-electron chi connectivity index (χ0n) is 21.9. The molecule has 0 aliphatic rings. The van der Waals surface area contributed by atoms with E-state index in [-0.39, 0.29) is 0 Å². The molecule has 0 N–H and O–H groups in total. The number of hydrogen-bond donors (Lipinski definition) is 0. The molecule has 188 valence electrons. The van der Waals surface area contributed by atoms with Gasteiger partial charge in [-0.25, -0.2) is 4.98 Å². The van der Waals surface area contributed by atoms with Gasteiger partial charge < -0.3 is 0 Å². The summed E-state index contributed by atoms with van der Waals surface area (Å²) in [6, 6.07) is 48.8. The smallest absolute Gasteiger partial charge is 0.0899 e. The van der Waals surface area contributed by atoms with E-state index in [1.165, 1.54) is 27.1 Å². The molecule has 2 heteroatoms. The third kappa shape index (κ3) is 4.68. The number of rotatable bonds is 5. The van der Waals surface area contributed by atoms with Crippen LogP contribution in [0.1, 0.15) is 11.1 Å². The molecular formula is C38H26N2. The van der Waals surface area contributed by atoms with Crippen LogP contribution < -0.4 is 0 Å². The fraction of sp³-hybridized carbons (Fsp3) is 0. The lowest BCUT2D eigenvalue weighted by molar-refractivity contribution is 1.25. The second-order valence-corrected chi connectivity index (χ2v) is 9.90. The van der Waals surface area contributed by atoms with E-state index in [9.17, 15) is 0 Å². The quantitative estimate of drug-likeness (QED) is 0.170. The molecule has 0 aliphatic carbocycles. The van der Waals surface area contributed by atoms with Gasteiger partial charge in [-0.2, -0.15) is 0 Å². The van der Waals surface area contributed by atoms with Crippen molar-refractivity contribution in [2.24, 2.45) is 0 Å². The largest absolute Gasteiger partial charge is 0.255 e. The minimum absolute atomic E-state index is 0.864. The second kappa shape index (κ2) is 10.4. The van der Waals surface area contributed by atoms with Crippen LogP contribution in [0.5, 0.6) is 0 Å². The van der Waals surface area contributed by atoms with E-state index in [2.05, 4.69) is 120 Å². The van der Waals surface area contributed by atoms with Gasteiger partial charge in [0.05, 0.1) is 17.1 Å². The Bertz CT molecular complexity index is 1860. The molecule has 7 aromatic rings. The molecule has 0 radical (unpaired) electrons. The maximum absolute atomic E-state index is 4.96. The second-order valence-electron chi connectivity index (χ2n) is 9.90. The van der Waals surface area contributed by atoms with Crippen LogP contribution in [0, 0.1) is 0 Å². The van der Waals surface area contributed by atoms with Gasteiger partial charge >= 0.3 is 0 Å². The lowest BCUT2D eigenvalue weighted by atomic mass is 9.96. The highest BCUT2D eigenvalue weighted by atomic mass is 14.8. The van der Waals surface area contributed by atoms with E-state index in [0.717, 1.165) is 39.3 Å². The van der Waals surface area contributed by atoms with E-state index in [1.807, 2.05) is 42.6 Å². The van der Waals surface area contributed by atoms with Gasteiger partial charge in [-0.1, -0.05) is 121 Å². The number of nitrogens with zero attached hydrogens (tertiary/aromatic N) is 2. The lowest BCUT2D eigenvalue weighted by Crippen LogP contribution is -1.92. The first-order valence-corrected chi connectivity index (χ1v) is 13.5. The first kappa shape index (κ1) is 23.8. The molecule has 0 atom stereocenters. The summed E-state index contributed by atoms with van der Waals surface area (Å²) in [5.41, 5.74) is 8.41. The van der Waals surface area contributed by atoms with Crippen molar-refractivity contribution in [1.29, 1.82) is 0 Å². The molecular weight excluding hydrogens is 484 g/mol. The van der Waals surface area contributed by atoms with Gasteiger partial charge in [0.25, 0.3) is 0 Å². The zero-order valence-corrected chi connectivity index (χ0v) is 21.9. The molecule has 0 bridgehead atoms. The molecule has 0 unspecified atom stereocenters. The number of aromatic nitrogens is 2. The van der Waals surface area contributed by atoms with Crippen LogP contribution in [0.15, 0.2) is 146 Å². The average Bonchev–Trinajstić information content (AvgIpc) is 3.04. The predicted molar refractivity (Wildman–Crippen MR) is 169 cm³/mol. The van der Waals surface area contributed by atoms with E-state index in [1.54, 1.807) is 0 Å². The summed E-state index contributed by atoms with van der Waals surface area (Å²) in [4.78, 5) is 9.51. The van der Waals surface area contributed by atoms with Crippen LogP contribution in [0.25, 0.3) is 67.5 Å². The Morgan fingerprint density at radius 3 is 1.77 bits per heavy atom. The average molecular weight is 511 g/mol. The monoisotopic (exact) mass is 510 g/mol. The highest BCUT2D eigenvalue weighted by molar-refractivity contribution is 6.07. The number of hydrogen-bond acceptors (Lipinski definition) is 2. The van der Waals surface area contributed by atoms with Crippen molar-refractivity contribution in [3.63, 3.8) is 0 Å². The Labute approximate surface area is 234 Å². The first-order chi connectivity index (χ1) is 19.8. The molecule has 2 aromatic heterocycles. The van der Waals surface area contributed by atoms with Gasteiger partial charge in [0, 0.05) is 11.8 Å². The summed E-state index contributed by atoms with van der Waals surface area (Å²) >= 11 is 0. The van der Waals surface area contributed by atoms with E-state index in [4.69, 9.17) is 4.98 Å². The van der Waals surface area contributed by atoms with Gasteiger partial charge in [-0.15, -0.1) is 0 Å². The summed E-state index contributed by atoms with van der Waals surface area (Å²) in [6.45, 7) is 0. The Morgan fingerprint density at radius 2 is 1.07 bits per heavy atom. The van der Waals surface area contributed by atoms with E-state index < -0.39 is 0 Å². The Hall–Kier alpha value is -5.34. The maximum Gasteiger partial charge on any atom is 0.0899 e. The predicted octanol–water partition coefficient (Wildman–Crippen LogP) is 9.95. The number of fused-ring (bicyclic) bond motifs is 2. The van der Waals surface area contributed by atoms with Crippen LogP contribution in [0.3, 0.4) is 0 Å². The van der Waals surface area contributed by atoms with Crippen LogP contribution in [-0.4, -0.2) is 9.97 Å². The Balaban J connectivity index is 1.27. The molecule has 0 fully saturated rings. The normalized spacial score (nSPS) is 11.4. The van der Waals surface area contributed by atoms with E-state index in [0.29, 0.717) is 0 Å². The highest BCUT2D eigenvalue weighted by Gasteiger charge is 2.10. The van der Waals surface area contributed by atoms with Crippen molar-refractivity contribution in [3.05, 3.63) is 157 Å². The van der Waals surface area contributed by atoms with Gasteiger partial charge in [0.1, 0.15) is 0 Å². The van der Waals surface area contributed by atoms with Gasteiger partial charge in [0.15, 0.2) is 0 Å². The van der Waals surface area contributed by atoms with Crippen LogP contribution in [0.4, 0.5) is 0 Å². The van der Waals surface area contributed by atoms with Crippen LogP contribution >= 0.6 is 0 Å². The summed E-state index contributed by atoms with van der Waals surface area (Å²) in [5.74, 6) is 0. The SMILES string of the molecule is C(=C\c1c2ccccc2cc2ccccc12)/c1ccc(-c2cc(-c3ccccc3)nc(-c3ccccn3)c2)cc1. The summed E-state index contributed by atoms with van der Waals surface area (Å²) in [7, 11) is 0. The molecule has 5 aromatic carbocycles. The number of benzene rings is 5. The summed E-state index contributed by atoms with van der Waals surface area (Å²) < 4.78 is 0. The van der Waals surface area contributed by atoms with Crippen LogP contribution in [-0.2, 0) is 0 Å². The molecule has 0 amide bonds. The topological polar surface area (TPSA) is 25.8 Å². The molecule has 7 rings (SSSR count). The fourth-order valence-electron chi connectivity index (χ4n) is 5.29. The molecule has 2 heterocycles. The molecule has 40 heavy (non-hydrogen) atoms. The van der Waals surface area contributed by atoms with Crippen molar-refractivity contribution < 1.29 is 0 Å². The standard InChI is InChI=1S/C38H26N2/c1-2-10-29(11-3-1)37-25-32(26-38(40-37)36-16-8-9-23-39-36)28-20-17-27(18-21-28)19-22-35-33-14-6-4-12-30(33)24-31-13-5-7-15-34(31)35/h1-26H/b22-19+. The van der Waals surface area contributed by atoms with Gasteiger partial charge in [-0.05, 0) is 74.1 Å². The fourth-order valence-corrected chi connectivity index (χ4v) is 5.29. The van der Waals surface area contributed by atoms with E-state index >= 15 is 0 Å². The zero-order chi connectivity index (χ0) is 26.7. The maximum atomic E-state index is 4.96. The third-order valence-corrected chi connectivity index (χ3v) is 7.32. The Morgan fingerprint density at radius 1 is 0.425 bits per heavy atom. The minimum atomic E-state index is 0.864. The molecule has 0 saturated heterocycles. The van der Waals surface area contributed by atoms with Crippen molar-refractivity contribution in [2.45, 2.75) is 0 Å². The van der Waals surface area contributed by atoms with Crippen molar-refractivity contribution in [2.75, 3.05) is 0 Å². The van der Waals surface area contributed by atoms with Crippen LogP contribution in [0.2, 0.25) is 0 Å². The Kier molecular flexibility index (Phi) is 6.20. The van der Waals surface area contributed by atoms with Gasteiger partial charge in [0.2, 0.25) is 0 Å². The summed E-state index contributed by atoms with van der Waals surface area (Å²) in [5, 5.41) is 5.04. The lowest BCUT2D eigenvalue weighted by Gasteiger charge is -2.10. The van der Waals surface area contributed by atoms with Crippen molar-refractivity contribution in [3.8, 4) is 33.8 Å². The van der Waals surface area contributed by atoms with Gasteiger partial charge in [-0.3, -0.25) is 4.98 Å². The molecule has 0 spiro atoms. The third-order valence-electron chi connectivity index (χ3n) is 7.32.